The Labute approximate surface area is 228 Å². The van der Waals surface area contributed by atoms with Gasteiger partial charge in [0, 0.05) is 12.6 Å². The lowest BCUT2D eigenvalue weighted by molar-refractivity contribution is -0.137. The van der Waals surface area contributed by atoms with Crippen molar-refractivity contribution in [3.63, 3.8) is 0 Å². The number of rotatable bonds is 7. The van der Waals surface area contributed by atoms with E-state index in [2.05, 4.69) is 15.6 Å². The molecule has 5 aromatic rings. The molecule has 0 atom stereocenters. The zero-order valence-electron chi connectivity index (χ0n) is 20.9. The molecule has 41 heavy (non-hydrogen) atoms. The predicted octanol–water partition coefficient (Wildman–Crippen LogP) is 6.07. The topological polar surface area (TPSA) is 97.1 Å². The minimum absolute atomic E-state index is 0.0144. The van der Waals surface area contributed by atoms with Gasteiger partial charge in [-0.1, -0.05) is 29.5 Å². The molecule has 2 N–H and O–H groups in total. The first-order chi connectivity index (χ1) is 19.5. The van der Waals surface area contributed by atoms with Gasteiger partial charge in [0.15, 0.2) is 0 Å². The number of hydrogen-bond acceptors (Lipinski definition) is 4. The van der Waals surface area contributed by atoms with Gasteiger partial charge in [-0.25, -0.2) is 18.3 Å². The van der Waals surface area contributed by atoms with Gasteiger partial charge in [-0.05, 0) is 70.8 Å². The third kappa shape index (κ3) is 6.06. The fourth-order valence-electron chi connectivity index (χ4n) is 4.30. The highest BCUT2D eigenvalue weighted by Gasteiger charge is 2.30. The largest absolute Gasteiger partial charge is 0.478 e. The van der Waals surface area contributed by atoms with Crippen LogP contribution in [-0.2, 0) is 19.3 Å². The molecule has 7 nitrogen and oxygen atoms in total. The quantitative estimate of drug-likeness (QED) is 0.233. The van der Waals surface area contributed by atoms with Gasteiger partial charge < -0.3 is 10.4 Å². The van der Waals surface area contributed by atoms with Crippen LogP contribution in [0.2, 0.25) is 0 Å². The van der Waals surface area contributed by atoms with Crippen LogP contribution in [0, 0.1) is 11.6 Å². The number of aromatic carboxylic acids is 1. The Kier molecular flexibility index (Phi) is 7.22. The summed E-state index contributed by atoms with van der Waals surface area (Å²) in [5, 5.41) is 20.0. The van der Waals surface area contributed by atoms with Crippen LogP contribution in [0.3, 0.4) is 0 Å². The molecule has 1 aromatic heterocycles. The number of nitrogens with zero attached hydrogens (tertiary/aromatic N) is 3. The van der Waals surface area contributed by atoms with Crippen LogP contribution in [0.15, 0.2) is 78.9 Å². The molecule has 0 saturated carbocycles. The molecule has 1 heterocycles. The Bertz CT molecular complexity index is 1740. The average Bonchev–Trinajstić information content (AvgIpc) is 3.33. The van der Waals surface area contributed by atoms with Crippen LogP contribution in [0.4, 0.5) is 22.0 Å². The van der Waals surface area contributed by atoms with Crippen molar-refractivity contribution in [2.75, 3.05) is 0 Å². The first-order valence-corrected chi connectivity index (χ1v) is 12.1. The molecule has 1 amide bonds. The van der Waals surface area contributed by atoms with Crippen molar-refractivity contribution in [3.05, 3.63) is 118 Å². The Balaban J connectivity index is 1.52. The van der Waals surface area contributed by atoms with E-state index >= 15 is 0 Å². The van der Waals surface area contributed by atoms with Gasteiger partial charge in [-0.15, -0.1) is 5.10 Å². The lowest BCUT2D eigenvalue weighted by Gasteiger charge is -2.12. The first-order valence-electron chi connectivity index (χ1n) is 12.1. The number of nitrogens with one attached hydrogen (secondary N) is 1. The summed E-state index contributed by atoms with van der Waals surface area (Å²) in [6.07, 6.45) is -4.50. The summed E-state index contributed by atoms with van der Waals surface area (Å²) in [6.45, 7) is 0.0129. The minimum atomic E-state index is -4.50. The van der Waals surface area contributed by atoms with E-state index in [4.69, 9.17) is 5.11 Å². The van der Waals surface area contributed by atoms with Crippen molar-refractivity contribution in [1.82, 2.24) is 20.3 Å². The van der Waals surface area contributed by atoms with E-state index in [0.29, 0.717) is 17.2 Å². The van der Waals surface area contributed by atoms with Crippen molar-refractivity contribution in [1.29, 1.82) is 0 Å². The monoisotopic (exact) mass is 566 g/mol. The van der Waals surface area contributed by atoms with Gasteiger partial charge in [0.05, 0.1) is 23.2 Å². The number of fused-ring (bicyclic) bond motifs is 1. The van der Waals surface area contributed by atoms with E-state index < -0.39 is 35.3 Å². The van der Waals surface area contributed by atoms with Gasteiger partial charge in [0.2, 0.25) is 0 Å². The lowest BCUT2D eigenvalue weighted by atomic mass is 10.0. The standard InChI is InChI=1S/C29H19F5N4O3/c30-22-9-19(10-23(31)13-22)20-11-24(27(39)35-14-16-1-5-18(6-2-16)28(40)41)26-25(12-20)36-37-38(26)15-17-3-7-21(8-4-17)29(32,33)34/h1-13H,14-15H2,(H,35,39)(H,40,41). The number of hydrogen-bond donors (Lipinski definition) is 2. The van der Waals surface area contributed by atoms with Crippen LogP contribution in [-0.4, -0.2) is 32.0 Å². The molecule has 0 spiro atoms. The molecule has 0 unspecified atom stereocenters. The highest BCUT2D eigenvalue weighted by Crippen LogP contribution is 2.31. The van der Waals surface area contributed by atoms with E-state index in [-0.39, 0.29) is 46.4 Å². The zero-order chi connectivity index (χ0) is 29.3. The van der Waals surface area contributed by atoms with Gasteiger partial charge >= 0.3 is 12.1 Å². The molecular formula is C29H19F5N4O3. The van der Waals surface area contributed by atoms with Crippen LogP contribution in [0.25, 0.3) is 22.2 Å². The molecule has 0 radical (unpaired) electrons. The Morgan fingerprint density at radius 2 is 1.44 bits per heavy atom. The first kappa shape index (κ1) is 27.4. The molecule has 208 valence electrons. The van der Waals surface area contributed by atoms with Crippen molar-refractivity contribution in [3.8, 4) is 11.1 Å². The molecule has 4 aromatic carbocycles. The number of aromatic nitrogens is 3. The fourth-order valence-corrected chi connectivity index (χ4v) is 4.30. The number of carbonyl (C=O) groups excluding carboxylic acids is 1. The van der Waals surface area contributed by atoms with E-state index in [0.717, 1.165) is 24.3 Å². The SMILES string of the molecule is O=C(O)c1ccc(CNC(=O)c2cc(-c3cc(F)cc(F)c3)cc3nnn(Cc4ccc(C(F)(F)F)cc4)c23)cc1. The van der Waals surface area contributed by atoms with Crippen molar-refractivity contribution < 1.29 is 36.6 Å². The molecule has 5 rings (SSSR count). The van der Waals surface area contributed by atoms with Gasteiger partial charge in [-0.2, -0.15) is 13.2 Å². The van der Waals surface area contributed by atoms with E-state index in [9.17, 15) is 31.5 Å². The second-order valence-corrected chi connectivity index (χ2v) is 9.18. The molecule has 0 saturated heterocycles. The number of halogens is 5. The highest BCUT2D eigenvalue weighted by atomic mass is 19.4. The van der Waals surface area contributed by atoms with Crippen molar-refractivity contribution in [2.24, 2.45) is 0 Å². The van der Waals surface area contributed by atoms with E-state index in [1.807, 2.05) is 0 Å². The van der Waals surface area contributed by atoms with Crippen LogP contribution < -0.4 is 5.32 Å². The summed E-state index contributed by atoms with van der Waals surface area (Å²) in [5.41, 5.74) is 1.31. The summed E-state index contributed by atoms with van der Waals surface area (Å²) in [5.74, 6) is -3.32. The number of carboxylic acids is 1. The molecule has 0 aliphatic rings. The molecule has 0 fully saturated rings. The zero-order valence-corrected chi connectivity index (χ0v) is 20.9. The third-order valence-corrected chi connectivity index (χ3v) is 6.32. The average molecular weight is 566 g/mol. The summed E-state index contributed by atoms with van der Waals surface area (Å²) < 4.78 is 68.2. The van der Waals surface area contributed by atoms with Gasteiger partial charge in [-0.3, -0.25) is 4.79 Å². The van der Waals surface area contributed by atoms with Gasteiger partial charge in [0.25, 0.3) is 5.91 Å². The molecule has 0 aliphatic heterocycles. The van der Waals surface area contributed by atoms with Gasteiger partial charge in [0.1, 0.15) is 22.7 Å². The molecule has 12 heteroatoms. The second kappa shape index (κ2) is 10.8. The normalized spacial score (nSPS) is 11.5. The lowest BCUT2D eigenvalue weighted by Crippen LogP contribution is -2.24. The summed E-state index contributed by atoms with van der Waals surface area (Å²) in [4.78, 5) is 24.5. The number of carboxylic acid groups (broad SMARTS) is 1. The number of benzene rings is 4. The Morgan fingerprint density at radius 1 is 0.829 bits per heavy atom. The van der Waals surface area contributed by atoms with E-state index in [1.165, 1.54) is 41.1 Å². The highest BCUT2D eigenvalue weighted by molar-refractivity contribution is 6.06. The molecule has 0 aliphatic carbocycles. The second-order valence-electron chi connectivity index (χ2n) is 9.18. The third-order valence-electron chi connectivity index (χ3n) is 6.32. The van der Waals surface area contributed by atoms with Crippen LogP contribution in [0.1, 0.15) is 37.4 Å². The Morgan fingerprint density at radius 3 is 2.05 bits per heavy atom. The Hall–Kier alpha value is -5.13. The smallest absolute Gasteiger partial charge is 0.416 e. The fraction of sp³-hybridized carbons (Fsp3) is 0.103. The maximum Gasteiger partial charge on any atom is 0.416 e. The summed E-state index contributed by atoms with van der Waals surface area (Å²) in [6, 6.07) is 16.2. The number of carbonyl (C=O) groups is 2. The molecular weight excluding hydrogens is 547 g/mol. The number of amides is 1. The summed E-state index contributed by atoms with van der Waals surface area (Å²) >= 11 is 0. The van der Waals surface area contributed by atoms with Crippen LogP contribution in [0.5, 0.6) is 0 Å². The van der Waals surface area contributed by atoms with E-state index in [1.54, 1.807) is 12.1 Å². The maximum absolute atomic E-state index is 14.0. The predicted molar refractivity (Wildman–Crippen MR) is 138 cm³/mol. The van der Waals surface area contributed by atoms with Crippen molar-refractivity contribution >= 4 is 22.9 Å². The molecule has 0 bridgehead atoms. The van der Waals surface area contributed by atoms with Crippen molar-refractivity contribution in [2.45, 2.75) is 19.3 Å². The van der Waals surface area contributed by atoms with Crippen LogP contribution >= 0.6 is 0 Å². The number of alkyl halides is 3. The summed E-state index contributed by atoms with van der Waals surface area (Å²) in [7, 11) is 0. The minimum Gasteiger partial charge on any atom is -0.478 e. The maximum atomic E-state index is 14.0.